The van der Waals surface area contributed by atoms with E-state index in [9.17, 15) is 0 Å². The number of allylic oxidation sites excluding steroid dienone is 8. The van der Waals surface area contributed by atoms with Crippen LogP contribution in [0, 0.1) is 11.8 Å². The molecule has 0 saturated carbocycles. The number of hydrogen-bond acceptors (Lipinski definition) is 2. The standard InChI is InChI=1S/C65H52B2N2/c1-43-49-19-3-15-31-61(49)68(62-32-16-4-20-50(43)62)47-39-35-45(36-40-47)66-57-27-11-7-23-53(57)65(54-24-8-12-28-58(54)66)55-25-9-13-29-59(55)67(60-30-14-10-26-56(60)65)46-37-41-48(42-38-46)69-63-33-17-5-21-51(63)44(2)52-22-6-18-34-64(52)69/h3-44,53,55,57,59H,1-2H3. The molecular weight excluding hydrogens is 830 g/mol. The Morgan fingerprint density at radius 1 is 0.348 bits per heavy atom. The molecule has 8 aromatic rings. The summed E-state index contributed by atoms with van der Waals surface area (Å²) in [5.74, 6) is 1.66. The number of rotatable bonds is 4. The van der Waals surface area contributed by atoms with Gasteiger partial charge in [-0.3, -0.25) is 0 Å². The summed E-state index contributed by atoms with van der Waals surface area (Å²) in [6, 6.07) is 74.1. The second-order valence-corrected chi connectivity index (χ2v) is 20.3. The fraction of sp³-hybridized carbons (Fsp3) is 0.138. The van der Waals surface area contributed by atoms with Gasteiger partial charge in [0.05, 0.1) is 0 Å². The van der Waals surface area contributed by atoms with Crippen LogP contribution in [0.4, 0.5) is 34.1 Å². The zero-order valence-corrected chi connectivity index (χ0v) is 39.1. The van der Waals surface area contributed by atoms with Crippen LogP contribution in [0.2, 0.25) is 11.6 Å². The minimum Gasteiger partial charge on any atom is -0.310 e. The molecule has 0 N–H and O–H groups in total. The second kappa shape index (κ2) is 15.8. The maximum absolute atomic E-state index is 2.58. The predicted molar refractivity (Wildman–Crippen MR) is 292 cm³/mol. The Hall–Kier alpha value is -7.55. The molecule has 4 unspecified atom stereocenters. The third kappa shape index (κ3) is 5.82. The fourth-order valence-corrected chi connectivity index (χ4v) is 14.4. The van der Waals surface area contributed by atoms with Gasteiger partial charge in [0.1, 0.15) is 0 Å². The van der Waals surface area contributed by atoms with E-state index in [-0.39, 0.29) is 42.3 Å². The highest BCUT2D eigenvalue weighted by atomic mass is 15.2. The lowest BCUT2D eigenvalue weighted by Crippen LogP contribution is -2.67. The lowest BCUT2D eigenvalue weighted by atomic mass is 9.19. The summed E-state index contributed by atoms with van der Waals surface area (Å²) in [4.78, 5) is 4.95. The van der Waals surface area contributed by atoms with Gasteiger partial charge in [-0.25, -0.2) is 0 Å². The van der Waals surface area contributed by atoms with E-state index in [4.69, 9.17) is 0 Å². The molecule has 2 aliphatic carbocycles. The number of benzene rings is 8. The number of para-hydroxylation sites is 4. The van der Waals surface area contributed by atoms with Crippen LogP contribution < -0.4 is 31.7 Å². The van der Waals surface area contributed by atoms with Crippen molar-refractivity contribution < 1.29 is 0 Å². The molecule has 4 atom stereocenters. The first kappa shape index (κ1) is 40.5. The van der Waals surface area contributed by atoms with Crippen molar-refractivity contribution in [2.45, 2.75) is 42.7 Å². The Kier molecular flexibility index (Phi) is 9.25. The Morgan fingerprint density at radius 2 is 0.667 bits per heavy atom. The van der Waals surface area contributed by atoms with E-state index in [0.717, 1.165) is 0 Å². The molecule has 0 radical (unpaired) electrons. The molecule has 4 heteroatoms. The van der Waals surface area contributed by atoms with Crippen molar-refractivity contribution in [3.63, 3.8) is 0 Å². The molecule has 0 fully saturated rings. The van der Waals surface area contributed by atoms with E-state index in [1.807, 2.05) is 0 Å². The quantitative estimate of drug-likeness (QED) is 0.163. The number of fused-ring (bicyclic) bond motifs is 12. The SMILES string of the molecule is CC1c2ccccc2N(c2ccc(B3c4ccccc4C4(c5ccccc5B(c5ccc(N6c7ccccc7C(C)c7ccccc76)cc5)C5C=CC=CC54)C4C=CC=CC34)cc2)c2ccccc21. The Balaban J connectivity index is 0.886. The first-order valence-electron chi connectivity index (χ1n) is 25.2. The lowest BCUT2D eigenvalue weighted by Gasteiger charge is -2.59. The van der Waals surface area contributed by atoms with Gasteiger partial charge in [-0.15, -0.1) is 0 Å². The van der Waals surface area contributed by atoms with Gasteiger partial charge in [-0.2, -0.15) is 0 Å². The van der Waals surface area contributed by atoms with Crippen molar-refractivity contribution in [1.82, 2.24) is 0 Å². The Morgan fingerprint density at radius 3 is 1.04 bits per heavy atom. The largest absolute Gasteiger partial charge is 0.310 e. The van der Waals surface area contributed by atoms with Crippen molar-refractivity contribution in [3.8, 4) is 0 Å². The van der Waals surface area contributed by atoms with Gasteiger partial charge < -0.3 is 9.80 Å². The summed E-state index contributed by atoms with van der Waals surface area (Å²) < 4.78 is 0. The van der Waals surface area contributed by atoms with Gasteiger partial charge in [-0.1, -0.05) is 230 Å². The summed E-state index contributed by atoms with van der Waals surface area (Å²) in [5, 5.41) is 0. The van der Waals surface area contributed by atoms with Crippen LogP contribution in [0.3, 0.4) is 0 Å². The predicted octanol–water partition coefficient (Wildman–Crippen LogP) is 13.3. The molecular formula is C65H52B2N2. The van der Waals surface area contributed by atoms with Crippen molar-refractivity contribution in [3.05, 3.63) is 276 Å². The highest BCUT2D eigenvalue weighted by Gasteiger charge is 2.61. The minimum absolute atomic E-state index is 0.194. The summed E-state index contributed by atoms with van der Waals surface area (Å²) in [7, 11) is 0. The molecule has 0 bridgehead atoms. The van der Waals surface area contributed by atoms with Crippen LogP contribution in [-0.2, 0) is 5.41 Å². The van der Waals surface area contributed by atoms with Crippen molar-refractivity contribution >= 4 is 69.4 Å². The van der Waals surface area contributed by atoms with Gasteiger partial charge >= 0.3 is 0 Å². The van der Waals surface area contributed by atoms with Crippen molar-refractivity contribution in [1.29, 1.82) is 0 Å². The fourth-order valence-electron chi connectivity index (χ4n) is 14.4. The van der Waals surface area contributed by atoms with Crippen LogP contribution in [0.5, 0.6) is 0 Å². The smallest absolute Gasteiger partial charge is 0.217 e. The zero-order valence-electron chi connectivity index (χ0n) is 39.1. The van der Waals surface area contributed by atoms with Gasteiger partial charge in [0, 0.05) is 51.4 Å². The summed E-state index contributed by atoms with van der Waals surface area (Å²) in [5.41, 5.74) is 21.2. The van der Waals surface area contributed by atoms with E-state index in [0.29, 0.717) is 11.8 Å². The van der Waals surface area contributed by atoms with Crippen molar-refractivity contribution in [2.24, 2.45) is 11.8 Å². The summed E-state index contributed by atoms with van der Waals surface area (Å²) in [6.45, 7) is 5.07. The molecule has 69 heavy (non-hydrogen) atoms. The molecule has 6 aliphatic rings. The van der Waals surface area contributed by atoms with Gasteiger partial charge in [0.15, 0.2) is 0 Å². The average molecular weight is 883 g/mol. The van der Waals surface area contributed by atoms with Crippen LogP contribution in [-0.4, -0.2) is 13.4 Å². The molecule has 14 rings (SSSR count). The molecule has 0 amide bonds. The molecule has 4 aliphatic heterocycles. The van der Waals surface area contributed by atoms with Crippen molar-refractivity contribution in [2.75, 3.05) is 9.80 Å². The maximum atomic E-state index is 2.58. The molecule has 0 aromatic heterocycles. The number of nitrogens with zero attached hydrogens (tertiary/aromatic N) is 2. The van der Waals surface area contributed by atoms with Gasteiger partial charge in [-0.05, 0) is 105 Å². The third-order valence-electron chi connectivity index (χ3n) is 17.3. The number of hydrogen-bond donors (Lipinski definition) is 0. The van der Waals surface area contributed by atoms with E-state index in [2.05, 4.69) is 266 Å². The first-order valence-corrected chi connectivity index (χ1v) is 25.2. The van der Waals surface area contributed by atoms with E-state index >= 15 is 0 Å². The second-order valence-electron chi connectivity index (χ2n) is 20.3. The van der Waals surface area contributed by atoms with Gasteiger partial charge in [0.25, 0.3) is 0 Å². The monoisotopic (exact) mass is 882 g/mol. The topological polar surface area (TPSA) is 6.48 Å². The number of anilines is 6. The highest BCUT2D eigenvalue weighted by Crippen LogP contribution is 2.61. The highest BCUT2D eigenvalue weighted by molar-refractivity contribution is 6.88. The molecule has 328 valence electrons. The van der Waals surface area contributed by atoms with E-state index in [1.54, 1.807) is 0 Å². The molecule has 8 aromatic carbocycles. The van der Waals surface area contributed by atoms with Crippen LogP contribution in [0.1, 0.15) is 59.1 Å². The Bertz CT molecular complexity index is 3130. The maximum Gasteiger partial charge on any atom is 0.217 e. The van der Waals surface area contributed by atoms with Crippen LogP contribution in [0.15, 0.2) is 243 Å². The van der Waals surface area contributed by atoms with E-state index in [1.165, 1.54) is 89.4 Å². The average Bonchev–Trinajstić information content (AvgIpc) is 3.42. The third-order valence-corrected chi connectivity index (χ3v) is 17.3. The van der Waals surface area contributed by atoms with E-state index < -0.39 is 0 Å². The summed E-state index contributed by atoms with van der Waals surface area (Å²) in [6.07, 6.45) is 19.6. The molecule has 2 nitrogen and oxygen atoms in total. The summed E-state index contributed by atoms with van der Waals surface area (Å²) >= 11 is 0. The molecule has 0 saturated heterocycles. The lowest BCUT2D eigenvalue weighted by molar-refractivity contribution is 0.281. The minimum atomic E-state index is -0.284. The first-order chi connectivity index (χ1) is 34.1. The Labute approximate surface area is 407 Å². The molecule has 1 spiro atoms. The van der Waals surface area contributed by atoms with Crippen LogP contribution in [0.25, 0.3) is 0 Å². The van der Waals surface area contributed by atoms with Gasteiger partial charge in [0.2, 0.25) is 13.4 Å². The molecule has 4 heterocycles. The zero-order chi connectivity index (χ0) is 45.8. The normalized spacial score (nSPS) is 22.5. The van der Waals surface area contributed by atoms with Crippen LogP contribution >= 0.6 is 0 Å².